The molecule has 0 aliphatic heterocycles. The minimum atomic E-state index is 0.140. The molecule has 15 heavy (non-hydrogen) atoms. The third kappa shape index (κ3) is 1.83. The molecule has 1 spiro atoms. The molecule has 0 saturated heterocycles. The number of ketones is 1. The summed E-state index contributed by atoms with van der Waals surface area (Å²) in [5, 5.41) is 0. The van der Waals surface area contributed by atoms with Crippen LogP contribution in [0, 0.1) is 5.41 Å². The first-order valence-corrected chi connectivity index (χ1v) is 5.62. The lowest BCUT2D eigenvalue weighted by Gasteiger charge is -2.34. The molecule has 80 valence electrons. The van der Waals surface area contributed by atoms with Crippen molar-refractivity contribution in [3.05, 3.63) is 34.9 Å². The van der Waals surface area contributed by atoms with Crippen LogP contribution in [0.25, 0.3) is 0 Å². The molecule has 0 unspecified atom stereocenters. The van der Waals surface area contributed by atoms with Gasteiger partial charge in [-0.15, -0.1) is 0 Å². The lowest BCUT2D eigenvalue weighted by Crippen LogP contribution is -2.25. The Morgan fingerprint density at radius 2 is 1.73 bits per heavy atom. The second-order valence-corrected chi connectivity index (χ2v) is 4.98. The van der Waals surface area contributed by atoms with Crippen molar-refractivity contribution >= 4 is 5.78 Å². The normalized spacial score (nSPS) is 24.7. The Bertz CT molecular complexity index is 372. The molecule has 2 aliphatic rings. The van der Waals surface area contributed by atoms with E-state index in [0.717, 1.165) is 30.4 Å². The fourth-order valence-electron chi connectivity index (χ4n) is 2.86. The standard InChI is InChI=1S/C14H18O/c1-10-5-4-6-14(7-10)8-11(2)13(15)12(3)9-14/h5,8-9H,4,6-7H2,1-3H3. The maximum Gasteiger partial charge on any atom is 0.183 e. The van der Waals surface area contributed by atoms with E-state index < -0.39 is 0 Å². The van der Waals surface area contributed by atoms with Crippen molar-refractivity contribution in [3.8, 4) is 0 Å². The van der Waals surface area contributed by atoms with Gasteiger partial charge >= 0.3 is 0 Å². The van der Waals surface area contributed by atoms with Gasteiger partial charge in [0, 0.05) is 5.41 Å². The summed E-state index contributed by atoms with van der Waals surface area (Å²) in [6.07, 6.45) is 10.0. The third-order valence-electron chi connectivity index (χ3n) is 3.43. The molecule has 0 aromatic rings. The van der Waals surface area contributed by atoms with Crippen molar-refractivity contribution in [2.75, 3.05) is 0 Å². The van der Waals surface area contributed by atoms with E-state index in [-0.39, 0.29) is 11.2 Å². The van der Waals surface area contributed by atoms with Crippen LogP contribution in [0.4, 0.5) is 0 Å². The second kappa shape index (κ2) is 3.48. The minimum absolute atomic E-state index is 0.140. The Labute approximate surface area is 91.6 Å². The van der Waals surface area contributed by atoms with E-state index in [0.29, 0.717) is 0 Å². The highest BCUT2D eigenvalue weighted by molar-refractivity contribution is 6.08. The molecule has 0 radical (unpaired) electrons. The van der Waals surface area contributed by atoms with Crippen LogP contribution in [-0.2, 0) is 4.79 Å². The van der Waals surface area contributed by atoms with Crippen molar-refractivity contribution < 1.29 is 4.79 Å². The van der Waals surface area contributed by atoms with Crippen LogP contribution in [0.15, 0.2) is 34.9 Å². The molecule has 2 aliphatic carbocycles. The van der Waals surface area contributed by atoms with Gasteiger partial charge in [-0.25, -0.2) is 0 Å². The number of carbonyl (C=O) groups excluding carboxylic acids is 1. The molecule has 1 heteroatoms. The van der Waals surface area contributed by atoms with Crippen molar-refractivity contribution in [2.24, 2.45) is 5.41 Å². The predicted molar refractivity (Wildman–Crippen MR) is 62.6 cm³/mol. The summed E-state index contributed by atoms with van der Waals surface area (Å²) in [6, 6.07) is 0. The van der Waals surface area contributed by atoms with Crippen LogP contribution in [-0.4, -0.2) is 5.78 Å². The smallest absolute Gasteiger partial charge is 0.183 e. The molecule has 0 N–H and O–H groups in total. The number of allylic oxidation sites excluding steroid dienone is 6. The van der Waals surface area contributed by atoms with Crippen LogP contribution in [0.1, 0.15) is 40.0 Å². The van der Waals surface area contributed by atoms with Crippen molar-refractivity contribution in [1.82, 2.24) is 0 Å². The minimum Gasteiger partial charge on any atom is -0.289 e. The average Bonchev–Trinajstić information content (AvgIpc) is 2.14. The molecule has 0 aromatic heterocycles. The lowest BCUT2D eigenvalue weighted by atomic mass is 9.69. The van der Waals surface area contributed by atoms with E-state index in [4.69, 9.17) is 0 Å². The topological polar surface area (TPSA) is 17.1 Å². The summed E-state index contributed by atoms with van der Waals surface area (Å²) in [5.74, 6) is 0.216. The van der Waals surface area contributed by atoms with Gasteiger partial charge in [0.15, 0.2) is 5.78 Å². The number of carbonyl (C=O) groups is 1. The van der Waals surface area contributed by atoms with E-state index in [1.54, 1.807) is 0 Å². The van der Waals surface area contributed by atoms with Crippen molar-refractivity contribution in [1.29, 1.82) is 0 Å². The monoisotopic (exact) mass is 202 g/mol. The summed E-state index contributed by atoms with van der Waals surface area (Å²) in [6.45, 7) is 6.06. The van der Waals surface area contributed by atoms with Gasteiger partial charge in [0.05, 0.1) is 0 Å². The van der Waals surface area contributed by atoms with Gasteiger partial charge in [-0.2, -0.15) is 0 Å². The van der Waals surface area contributed by atoms with E-state index in [9.17, 15) is 4.79 Å². The fraction of sp³-hybridized carbons (Fsp3) is 0.500. The first-order valence-electron chi connectivity index (χ1n) is 5.62. The fourth-order valence-corrected chi connectivity index (χ4v) is 2.86. The van der Waals surface area contributed by atoms with Crippen LogP contribution >= 0.6 is 0 Å². The Kier molecular flexibility index (Phi) is 2.41. The maximum absolute atomic E-state index is 11.7. The maximum atomic E-state index is 11.7. The molecule has 0 amide bonds. The number of hydrogen-bond acceptors (Lipinski definition) is 1. The van der Waals surface area contributed by atoms with Gasteiger partial charge < -0.3 is 0 Å². The average molecular weight is 202 g/mol. The lowest BCUT2D eigenvalue weighted by molar-refractivity contribution is -0.112. The summed E-state index contributed by atoms with van der Waals surface area (Å²) in [5.41, 5.74) is 3.43. The van der Waals surface area contributed by atoms with Crippen LogP contribution in [0.5, 0.6) is 0 Å². The zero-order chi connectivity index (χ0) is 11.1. The van der Waals surface area contributed by atoms with Gasteiger partial charge in [0.2, 0.25) is 0 Å². The van der Waals surface area contributed by atoms with Gasteiger partial charge in [0.25, 0.3) is 0 Å². The number of hydrogen-bond donors (Lipinski definition) is 0. The molecule has 0 atom stereocenters. The Morgan fingerprint density at radius 3 is 2.27 bits per heavy atom. The molecular weight excluding hydrogens is 184 g/mol. The molecule has 0 fully saturated rings. The predicted octanol–water partition coefficient (Wildman–Crippen LogP) is 3.58. The first kappa shape index (κ1) is 10.4. The van der Waals surface area contributed by atoms with E-state index in [2.05, 4.69) is 25.2 Å². The van der Waals surface area contributed by atoms with Crippen molar-refractivity contribution in [3.63, 3.8) is 0 Å². The SMILES string of the molecule is CC1=CCCC2(C=C(C)C(=O)C(C)=C2)C1. The van der Waals surface area contributed by atoms with Crippen LogP contribution in [0.3, 0.4) is 0 Å². The van der Waals surface area contributed by atoms with Crippen LogP contribution < -0.4 is 0 Å². The molecule has 2 rings (SSSR count). The molecule has 0 aromatic carbocycles. The molecular formula is C14H18O. The molecule has 0 bridgehead atoms. The highest BCUT2D eigenvalue weighted by atomic mass is 16.1. The van der Waals surface area contributed by atoms with Gasteiger partial charge in [-0.3, -0.25) is 4.79 Å². The number of rotatable bonds is 0. The van der Waals surface area contributed by atoms with Crippen molar-refractivity contribution in [2.45, 2.75) is 40.0 Å². The van der Waals surface area contributed by atoms with Crippen LogP contribution in [0.2, 0.25) is 0 Å². The van der Waals surface area contributed by atoms with Gasteiger partial charge in [-0.05, 0) is 51.2 Å². The quantitative estimate of drug-likeness (QED) is 0.549. The molecule has 0 saturated carbocycles. The molecule has 1 nitrogen and oxygen atoms in total. The van der Waals surface area contributed by atoms with E-state index in [1.807, 2.05) is 13.8 Å². The first-order chi connectivity index (χ1) is 7.02. The van der Waals surface area contributed by atoms with Gasteiger partial charge in [0.1, 0.15) is 0 Å². The second-order valence-electron chi connectivity index (χ2n) is 4.98. The van der Waals surface area contributed by atoms with Gasteiger partial charge in [-0.1, -0.05) is 23.8 Å². The third-order valence-corrected chi connectivity index (χ3v) is 3.43. The zero-order valence-corrected chi connectivity index (χ0v) is 9.76. The largest absolute Gasteiger partial charge is 0.289 e. The molecule has 0 heterocycles. The highest BCUT2D eigenvalue weighted by Crippen LogP contribution is 2.42. The Morgan fingerprint density at radius 1 is 1.13 bits per heavy atom. The summed E-state index contributed by atoms with van der Waals surface area (Å²) in [4.78, 5) is 11.7. The zero-order valence-electron chi connectivity index (χ0n) is 9.76. The summed E-state index contributed by atoms with van der Waals surface area (Å²) < 4.78 is 0. The van der Waals surface area contributed by atoms with E-state index in [1.165, 1.54) is 5.57 Å². The Hall–Kier alpha value is -1.11. The summed E-state index contributed by atoms with van der Waals surface area (Å²) in [7, 11) is 0. The highest BCUT2D eigenvalue weighted by Gasteiger charge is 2.32. The number of Topliss-reactive ketones (excluding diaryl/α,β-unsaturated/α-hetero) is 1. The summed E-state index contributed by atoms with van der Waals surface area (Å²) >= 11 is 0. The Balaban J connectivity index is 2.38. The van der Waals surface area contributed by atoms with E-state index >= 15 is 0 Å².